The number of hydrogen-bond acceptors (Lipinski definition) is 5. The van der Waals surface area contributed by atoms with E-state index in [0.29, 0.717) is 17.7 Å². The lowest BCUT2D eigenvalue weighted by molar-refractivity contribution is -0.123. The first kappa shape index (κ1) is 25.9. The van der Waals surface area contributed by atoms with Crippen LogP contribution in [0, 0.1) is 5.92 Å². The van der Waals surface area contributed by atoms with Crippen molar-refractivity contribution in [1.82, 2.24) is 9.62 Å². The molecule has 1 heterocycles. The van der Waals surface area contributed by atoms with E-state index in [1.165, 1.54) is 29.8 Å². The van der Waals surface area contributed by atoms with Crippen LogP contribution >= 0.6 is 0 Å². The number of nitrogens with zero attached hydrogens (tertiary/aromatic N) is 1. The van der Waals surface area contributed by atoms with Crippen molar-refractivity contribution in [3.63, 3.8) is 0 Å². The van der Waals surface area contributed by atoms with Gasteiger partial charge < -0.3 is 16.0 Å². The average Bonchev–Trinajstić information content (AvgIpc) is 2.83. The highest BCUT2D eigenvalue weighted by molar-refractivity contribution is 7.89. The summed E-state index contributed by atoms with van der Waals surface area (Å²) in [5.41, 5.74) is 7.61. The van der Waals surface area contributed by atoms with Crippen LogP contribution in [0.15, 0.2) is 53.4 Å². The fraction of sp³-hybridized carbons (Fsp3) is 0.440. The summed E-state index contributed by atoms with van der Waals surface area (Å²) in [6, 6.07) is 13.4. The molecule has 9 heteroatoms. The smallest absolute Gasteiger partial charge is 0.255 e. The summed E-state index contributed by atoms with van der Waals surface area (Å²) in [6.45, 7) is 6.39. The monoisotopic (exact) mass is 486 g/mol. The van der Waals surface area contributed by atoms with Gasteiger partial charge >= 0.3 is 0 Å². The molecule has 184 valence electrons. The van der Waals surface area contributed by atoms with Crippen LogP contribution in [0.5, 0.6) is 0 Å². The summed E-state index contributed by atoms with van der Waals surface area (Å²) in [5, 5.41) is 2.85. The minimum absolute atomic E-state index is 0.00109. The SMILES string of the molecule is CCC(C)NS(=O)(=O)c1ccc(C(=O)Nc2ccc(CCN3CCC(C(N)=O)CC3)cc2)cc1. The highest BCUT2D eigenvalue weighted by Crippen LogP contribution is 2.18. The summed E-state index contributed by atoms with van der Waals surface area (Å²) in [6.07, 6.45) is 3.22. The van der Waals surface area contributed by atoms with Gasteiger partial charge in [0.05, 0.1) is 4.90 Å². The highest BCUT2D eigenvalue weighted by atomic mass is 32.2. The number of nitrogens with one attached hydrogen (secondary N) is 2. The summed E-state index contributed by atoms with van der Waals surface area (Å²) in [4.78, 5) is 26.3. The van der Waals surface area contributed by atoms with Crippen LogP contribution in [0.1, 0.15) is 49.0 Å². The summed E-state index contributed by atoms with van der Waals surface area (Å²) >= 11 is 0. The number of likely N-dealkylation sites (tertiary alicyclic amines) is 1. The number of hydrogen-bond donors (Lipinski definition) is 3. The number of primary amides is 1. The van der Waals surface area contributed by atoms with Gasteiger partial charge in [-0.25, -0.2) is 13.1 Å². The largest absolute Gasteiger partial charge is 0.369 e. The molecule has 1 aliphatic rings. The number of nitrogens with two attached hydrogens (primary N) is 1. The number of piperidine rings is 1. The molecule has 2 aromatic carbocycles. The predicted octanol–water partition coefficient (Wildman–Crippen LogP) is 2.76. The van der Waals surface area contributed by atoms with Gasteiger partial charge in [-0.3, -0.25) is 9.59 Å². The van der Waals surface area contributed by atoms with Gasteiger partial charge in [-0.15, -0.1) is 0 Å². The van der Waals surface area contributed by atoms with E-state index in [1.807, 2.05) is 31.2 Å². The van der Waals surface area contributed by atoms with Gasteiger partial charge in [0.25, 0.3) is 5.91 Å². The van der Waals surface area contributed by atoms with Gasteiger partial charge in [0.2, 0.25) is 15.9 Å². The third-order valence-electron chi connectivity index (χ3n) is 6.31. The number of carbonyl (C=O) groups is 2. The van der Waals surface area contributed by atoms with E-state index in [9.17, 15) is 18.0 Å². The van der Waals surface area contributed by atoms with E-state index in [4.69, 9.17) is 5.73 Å². The fourth-order valence-electron chi connectivity index (χ4n) is 3.89. The molecule has 1 fully saturated rings. The van der Waals surface area contributed by atoms with Gasteiger partial charge in [0.15, 0.2) is 0 Å². The lowest BCUT2D eigenvalue weighted by atomic mass is 9.96. The molecule has 1 aliphatic heterocycles. The van der Waals surface area contributed by atoms with Gasteiger partial charge in [0.1, 0.15) is 0 Å². The second kappa shape index (κ2) is 11.6. The Bertz CT molecular complexity index is 1080. The van der Waals surface area contributed by atoms with Crippen LogP contribution in [0.2, 0.25) is 0 Å². The maximum atomic E-state index is 12.6. The number of amides is 2. The summed E-state index contributed by atoms with van der Waals surface area (Å²) in [7, 11) is -3.60. The molecule has 1 saturated heterocycles. The Hall–Kier alpha value is -2.75. The topological polar surface area (TPSA) is 122 Å². The minimum Gasteiger partial charge on any atom is -0.369 e. The normalized spacial score (nSPS) is 16.2. The van der Waals surface area contributed by atoms with Gasteiger partial charge in [-0.2, -0.15) is 0 Å². The third kappa shape index (κ3) is 7.12. The third-order valence-corrected chi connectivity index (χ3v) is 7.92. The first-order chi connectivity index (χ1) is 16.2. The molecule has 4 N–H and O–H groups in total. The van der Waals surface area contributed by atoms with Gasteiger partial charge in [-0.05, 0) is 87.7 Å². The highest BCUT2D eigenvalue weighted by Gasteiger charge is 2.22. The van der Waals surface area contributed by atoms with Crippen LogP contribution in [0.25, 0.3) is 0 Å². The molecule has 2 aromatic rings. The molecule has 0 spiro atoms. The van der Waals surface area contributed by atoms with E-state index in [1.54, 1.807) is 6.92 Å². The lowest BCUT2D eigenvalue weighted by Crippen LogP contribution is -2.39. The van der Waals surface area contributed by atoms with E-state index in [0.717, 1.165) is 38.9 Å². The Balaban J connectivity index is 1.50. The maximum Gasteiger partial charge on any atom is 0.255 e. The average molecular weight is 487 g/mol. The number of anilines is 1. The number of rotatable bonds is 10. The van der Waals surface area contributed by atoms with Crippen molar-refractivity contribution < 1.29 is 18.0 Å². The van der Waals surface area contributed by atoms with Crippen LogP contribution < -0.4 is 15.8 Å². The molecule has 0 aliphatic carbocycles. The van der Waals surface area contributed by atoms with Crippen LogP contribution in [0.3, 0.4) is 0 Å². The molecule has 2 amide bonds. The zero-order chi connectivity index (χ0) is 24.7. The Morgan fingerprint density at radius 1 is 1.06 bits per heavy atom. The Morgan fingerprint density at radius 2 is 1.68 bits per heavy atom. The van der Waals surface area contributed by atoms with Crippen molar-refractivity contribution in [3.05, 3.63) is 59.7 Å². The van der Waals surface area contributed by atoms with Crippen molar-refractivity contribution in [2.45, 2.75) is 50.5 Å². The van der Waals surface area contributed by atoms with Crippen molar-refractivity contribution >= 4 is 27.5 Å². The molecular formula is C25H34N4O4S. The number of benzene rings is 2. The summed E-state index contributed by atoms with van der Waals surface area (Å²) in [5.74, 6) is -0.498. The first-order valence-corrected chi connectivity index (χ1v) is 13.2. The molecular weight excluding hydrogens is 452 g/mol. The molecule has 3 rings (SSSR count). The first-order valence-electron chi connectivity index (χ1n) is 11.7. The van der Waals surface area contributed by atoms with Gasteiger partial charge in [-0.1, -0.05) is 19.1 Å². The molecule has 0 saturated carbocycles. The van der Waals surface area contributed by atoms with Crippen molar-refractivity contribution in [3.8, 4) is 0 Å². The predicted molar refractivity (Wildman–Crippen MR) is 133 cm³/mol. The minimum atomic E-state index is -3.60. The molecule has 34 heavy (non-hydrogen) atoms. The summed E-state index contributed by atoms with van der Waals surface area (Å²) < 4.78 is 27.3. The molecule has 0 aromatic heterocycles. The van der Waals surface area contributed by atoms with E-state index in [-0.39, 0.29) is 28.7 Å². The van der Waals surface area contributed by atoms with Crippen molar-refractivity contribution in [1.29, 1.82) is 0 Å². The lowest BCUT2D eigenvalue weighted by Gasteiger charge is -2.30. The fourth-order valence-corrected chi connectivity index (χ4v) is 5.21. The van der Waals surface area contributed by atoms with Crippen molar-refractivity contribution in [2.24, 2.45) is 11.7 Å². The molecule has 1 atom stereocenters. The number of carbonyl (C=O) groups excluding carboxylic acids is 2. The van der Waals surface area contributed by atoms with Crippen molar-refractivity contribution in [2.75, 3.05) is 25.0 Å². The molecule has 8 nitrogen and oxygen atoms in total. The molecule has 0 bridgehead atoms. The van der Waals surface area contributed by atoms with E-state index in [2.05, 4.69) is 14.9 Å². The van der Waals surface area contributed by atoms with E-state index < -0.39 is 10.0 Å². The quantitative estimate of drug-likeness (QED) is 0.477. The van der Waals surface area contributed by atoms with Crippen LogP contribution in [-0.2, 0) is 21.2 Å². The zero-order valence-corrected chi connectivity index (χ0v) is 20.6. The Labute approximate surface area is 202 Å². The second-order valence-electron chi connectivity index (χ2n) is 8.87. The standard InChI is InChI=1S/C25H34N4O4S/c1-3-18(2)28-34(32,33)23-10-6-21(7-11-23)25(31)27-22-8-4-19(5-9-22)12-15-29-16-13-20(14-17-29)24(26)30/h4-11,18,20,28H,3,12-17H2,1-2H3,(H2,26,30)(H,27,31). The van der Waals surface area contributed by atoms with Crippen LogP contribution in [0.4, 0.5) is 5.69 Å². The maximum absolute atomic E-state index is 12.6. The Morgan fingerprint density at radius 3 is 2.24 bits per heavy atom. The Kier molecular flexibility index (Phi) is 8.82. The molecule has 1 unspecified atom stereocenters. The second-order valence-corrected chi connectivity index (χ2v) is 10.6. The van der Waals surface area contributed by atoms with Gasteiger partial charge in [0, 0.05) is 29.8 Å². The van der Waals surface area contributed by atoms with Crippen LogP contribution in [-0.4, -0.2) is 50.8 Å². The number of sulfonamides is 1. The molecule has 0 radical (unpaired) electrons. The zero-order valence-electron chi connectivity index (χ0n) is 19.8. The van der Waals surface area contributed by atoms with E-state index >= 15 is 0 Å².